The largest absolute Gasteiger partial charge is 0.231 e. The lowest BCUT2D eigenvalue weighted by molar-refractivity contribution is 0.979. The van der Waals surface area contributed by atoms with Crippen LogP contribution in [0.2, 0.25) is 0 Å². The number of aromatic nitrogens is 4. The highest BCUT2D eigenvalue weighted by molar-refractivity contribution is 7.26. The third-order valence-corrected chi connectivity index (χ3v) is 11.9. The van der Waals surface area contributed by atoms with Crippen molar-refractivity contribution in [2.45, 2.75) is 0 Å². The molecule has 0 bridgehead atoms. The van der Waals surface area contributed by atoms with Gasteiger partial charge < -0.3 is 0 Å². The number of fused-ring (bicyclic) bond motifs is 6. The van der Waals surface area contributed by atoms with Crippen molar-refractivity contribution in [1.82, 2.24) is 19.6 Å². The van der Waals surface area contributed by atoms with Gasteiger partial charge in [0.25, 0.3) is 0 Å². The summed E-state index contributed by atoms with van der Waals surface area (Å²) < 4.78 is 4.64. The van der Waals surface area contributed by atoms with Crippen LogP contribution in [-0.2, 0) is 0 Å². The summed E-state index contributed by atoms with van der Waals surface area (Å²) in [6.45, 7) is 0. The zero-order chi connectivity index (χ0) is 37.0. The first kappa shape index (κ1) is 32.2. The maximum atomic E-state index is 5.43. The zero-order valence-electron chi connectivity index (χ0n) is 30.2. The van der Waals surface area contributed by atoms with E-state index in [9.17, 15) is 0 Å². The van der Waals surface area contributed by atoms with Crippen molar-refractivity contribution >= 4 is 47.8 Å². The lowest BCUT2D eigenvalue weighted by Crippen LogP contribution is -1.96. The van der Waals surface area contributed by atoms with Gasteiger partial charge in [-0.3, -0.25) is 0 Å². The number of hydrogen-bond donors (Lipinski definition) is 0. The molecular weight excluding hydrogens is 701 g/mol. The van der Waals surface area contributed by atoms with E-state index in [1.165, 1.54) is 25.6 Å². The van der Waals surface area contributed by atoms with Gasteiger partial charge in [-0.25, -0.2) is 14.5 Å². The molecule has 0 saturated carbocycles. The van der Waals surface area contributed by atoms with E-state index in [2.05, 4.69) is 193 Å². The van der Waals surface area contributed by atoms with Crippen LogP contribution in [0.5, 0.6) is 0 Å². The lowest BCUT2D eigenvalue weighted by atomic mass is 9.96. The third kappa shape index (κ3) is 5.40. The molecule has 5 heteroatoms. The van der Waals surface area contributed by atoms with Crippen LogP contribution >= 0.6 is 11.3 Å². The summed E-state index contributed by atoms with van der Waals surface area (Å²) in [5.74, 6) is 0.682. The van der Waals surface area contributed by atoms with Crippen LogP contribution in [0.3, 0.4) is 0 Å². The van der Waals surface area contributed by atoms with Gasteiger partial charge in [0.05, 0.1) is 22.6 Å². The van der Waals surface area contributed by atoms with Crippen molar-refractivity contribution in [1.29, 1.82) is 0 Å². The van der Waals surface area contributed by atoms with Crippen molar-refractivity contribution in [3.63, 3.8) is 0 Å². The smallest absolute Gasteiger partial charge is 0.160 e. The molecule has 0 aliphatic heterocycles. The molecule has 262 valence electrons. The summed E-state index contributed by atoms with van der Waals surface area (Å²) in [6.07, 6.45) is 0. The van der Waals surface area contributed by atoms with E-state index in [1.807, 2.05) is 17.4 Å². The Labute approximate surface area is 327 Å². The van der Waals surface area contributed by atoms with E-state index in [-0.39, 0.29) is 0 Å². The Morgan fingerprint density at radius 3 is 1.80 bits per heavy atom. The van der Waals surface area contributed by atoms with E-state index in [0.717, 1.165) is 72.6 Å². The first-order valence-electron chi connectivity index (χ1n) is 18.8. The number of pyridine rings is 1. The van der Waals surface area contributed by atoms with Gasteiger partial charge in [-0.2, -0.15) is 5.10 Å². The van der Waals surface area contributed by atoms with Crippen molar-refractivity contribution in [2.24, 2.45) is 0 Å². The van der Waals surface area contributed by atoms with E-state index in [4.69, 9.17) is 15.1 Å². The van der Waals surface area contributed by atoms with E-state index in [1.54, 1.807) is 0 Å². The molecule has 11 aromatic rings. The standard InChI is InChI=1S/C51H32N4S/c1-4-15-33(16-5-1)43-32-44(42-25-14-24-41-40-23-12-13-26-46(40)56-50(41)42)53-51(52-43)37-29-27-36(28-30-37)48-47(35-19-8-3-9-20-35)49-39-22-11-10-21-38(39)31-45(55(49)54-48)34-17-6-2-7-18-34/h1-32H. The van der Waals surface area contributed by atoms with E-state index in [0.29, 0.717) is 5.82 Å². The molecule has 0 spiro atoms. The second kappa shape index (κ2) is 13.3. The van der Waals surface area contributed by atoms with Gasteiger partial charge in [0, 0.05) is 58.9 Å². The Hall–Kier alpha value is -7.21. The van der Waals surface area contributed by atoms with Crippen LogP contribution in [0.25, 0.3) is 104 Å². The van der Waals surface area contributed by atoms with Gasteiger partial charge in [-0.15, -0.1) is 11.3 Å². The zero-order valence-corrected chi connectivity index (χ0v) is 31.0. The second-order valence-corrected chi connectivity index (χ2v) is 15.1. The highest BCUT2D eigenvalue weighted by atomic mass is 32.1. The summed E-state index contributed by atoms with van der Waals surface area (Å²) in [6, 6.07) is 68.3. The quantitative estimate of drug-likeness (QED) is 0.171. The maximum Gasteiger partial charge on any atom is 0.160 e. The number of rotatable bonds is 6. The third-order valence-electron chi connectivity index (χ3n) is 10.6. The molecule has 7 aromatic carbocycles. The molecule has 0 radical (unpaired) electrons. The molecule has 56 heavy (non-hydrogen) atoms. The van der Waals surface area contributed by atoms with Gasteiger partial charge in [0.2, 0.25) is 0 Å². The predicted octanol–water partition coefficient (Wildman–Crippen LogP) is 13.6. The molecule has 0 aliphatic carbocycles. The minimum atomic E-state index is 0.682. The Bertz CT molecular complexity index is 3220. The fourth-order valence-electron chi connectivity index (χ4n) is 7.98. The van der Waals surface area contributed by atoms with Crippen molar-refractivity contribution in [3.8, 4) is 67.5 Å². The highest BCUT2D eigenvalue weighted by Crippen LogP contribution is 2.43. The highest BCUT2D eigenvalue weighted by Gasteiger charge is 2.22. The SMILES string of the molecule is c1ccc(-c2cc(-c3cccc4c3sc3ccccc34)nc(-c3ccc(-c4nn5c(-c6ccccc6)cc6ccccc6c5c4-c4ccccc4)cc3)n2)cc1. The molecule has 0 fully saturated rings. The summed E-state index contributed by atoms with van der Waals surface area (Å²) in [5, 5.41) is 10.3. The Kier molecular flexibility index (Phi) is 7.64. The molecule has 0 atom stereocenters. The van der Waals surface area contributed by atoms with Crippen molar-refractivity contribution in [2.75, 3.05) is 0 Å². The van der Waals surface area contributed by atoms with Gasteiger partial charge >= 0.3 is 0 Å². The molecule has 0 unspecified atom stereocenters. The second-order valence-electron chi connectivity index (χ2n) is 14.0. The fourth-order valence-corrected chi connectivity index (χ4v) is 9.21. The topological polar surface area (TPSA) is 43.1 Å². The van der Waals surface area contributed by atoms with Crippen LogP contribution in [-0.4, -0.2) is 19.6 Å². The molecule has 0 N–H and O–H groups in total. The molecule has 4 aromatic heterocycles. The van der Waals surface area contributed by atoms with Gasteiger partial charge in [0.15, 0.2) is 5.82 Å². The van der Waals surface area contributed by atoms with Gasteiger partial charge in [0.1, 0.15) is 5.69 Å². The molecule has 0 aliphatic rings. The summed E-state index contributed by atoms with van der Waals surface area (Å²) in [5.41, 5.74) is 12.3. The Balaban J connectivity index is 1.10. The normalized spacial score (nSPS) is 11.6. The average Bonchev–Trinajstić information content (AvgIpc) is 3.87. The van der Waals surface area contributed by atoms with E-state index >= 15 is 0 Å². The summed E-state index contributed by atoms with van der Waals surface area (Å²) >= 11 is 1.82. The van der Waals surface area contributed by atoms with Crippen LogP contribution < -0.4 is 0 Å². The number of thiophene rings is 1. The summed E-state index contributed by atoms with van der Waals surface area (Å²) in [4.78, 5) is 10.5. The van der Waals surface area contributed by atoms with Crippen LogP contribution in [0, 0.1) is 0 Å². The molecule has 11 rings (SSSR count). The summed E-state index contributed by atoms with van der Waals surface area (Å²) in [7, 11) is 0. The minimum Gasteiger partial charge on any atom is -0.231 e. The Morgan fingerprint density at radius 2 is 1.04 bits per heavy atom. The first-order valence-corrected chi connectivity index (χ1v) is 19.6. The first-order chi connectivity index (χ1) is 27.8. The van der Waals surface area contributed by atoms with E-state index < -0.39 is 0 Å². The van der Waals surface area contributed by atoms with Crippen LogP contribution in [0.1, 0.15) is 0 Å². The maximum absolute atomic E-state index is 5.43. The van der Waals surface area contributed by atoms with Gasteiger partial charge in [-0.1, -0.05) is 176 Å². The minimum absolute atomic E-state index is 0.682. The molecule has 4 heterocycles. The monoisotopic (exact) mass is 732 g/mol. The molecule has 0 saturated heterocycles. The average molecular weight is 733 g/mol. The molecular formula is C51H32N4S. The number of hydrogen-bond acceptors (Lipinski definition) is 4. The van der Waals surface area contributed by atoms with Crippen LogP contribution in [0.4, 0.5) is 0 Å². The van der Waals surface area contributed by atoms with Crippen molar-refractivity contribution < 1.29 is 0 Å². The molecule has 4 nitrogen and oxygen atoms in total. The molecule has 0 amide bonds. The van der Waals surface area contributed by atoms with Gasteiger partial charge in [-0.05, 0) is 29.1 Å². The predicted molar refractivity (Wildman–Crippen MR) is 234 cm³/mol. The lowest BCUT2D eigenvalue weighted by Gasteiger charge is -2.11. The number of nitrogens with zero attached hydrogens (tertiary/aromatic N) is 4. The number of benzene rings is 7. The fraction of sp³-hybridized carbons (Fsp3) is 0. The van der Waals surface area contributed by atoms with Crippen molar-refractivity contribution in [3.05, 3.63) is 194 Å². The van der Waals surface area contributed by atoms with Crippen LogP contribution in [0.15, 0.2) is 194 Å². The Morgan fingerprint density at radius 1 is 0.429 bits per heavy atom.